The molecule has 0 saturated carbocycles. The fourth-order valence-corrected chi connectivity index (χ4v) is 2.37. The lowest BCUT2D eigenvalue weighted by Crippen LogP contribution is -1.93. The van der Waals surface area contributed by atoms with E-state index in [2.05, 4.69) is 58.8 Å². The van der Waals surface area contributed by atoms with Crippen LogP contribution in [0.1, 0.15) is 16.7 Å². The highest BCUT2D eigenvalue weighted by Gasteiger charge is 2.08. The van der Waals surface area contributed by atoms with E-state index in [1.807, 2.05) is 6.07 Å². The summed E-state index contributed by atoms with van der Waals surface area (Å²) < 4.78 is 0.629. The van der Waals surface area contributed by atoms with E-state index in [-0.39, 0.29) is 0 Å². The third-order valence-electron chi connectivity index (χ3n) is 2.56. The number of rotatable bonds is 1. The molecule has 0 aliphatic carbocycles. The maximum atomic E-state index is 4.40. The van der Waals surface area contributed by atoms with Gasteiger partial charge in [-0.3, -0.25) is 0 Å². The van der Waals surface area contributed by atoms with Gasteiger partial charge < -0.3 is 0 Å². The number of benzene rings is 1. The van der Waals surface area contributed by atoms with Gasteiger partial charge in [-0.15, -0.1) is 0 Å². The van der Waals surface area contributed by atoms with Gasteiger partial charge in [0.15, 0.2) is 4.73 Å². The smallest absolute Gasteiger partial charge is 0.197 e. The minimum atomic E-state index is 0.629. The van der Waals surface area contributed by atoms with Crippen molar-refractivity contribution in [2.24, 2.45) is 0 Å². The van der Waals surface area contributed by atoms with Crippen LogP contribution in [-0.2, 0) is 0 Å². The molecule has 82 valence electrons. The van der Waals surface area contributed by atoms with Crippen LogP contribution in [0.5, 0.6) is 0 Å². The molecule has 3 heteroatoms. The van der Waals surface area contributed by atoms with E-state index in [0.717, 1.165) is 5.69 Å². The molecule has 2 aromatic rings. The predicted octanol–water partition coefficient (Wildman–Crippen LogP) is 3.83. The molecule has 1 aromatic heterocycles. The van der Waals surface area contributed by atoms with Crippen molar-refractivity contribution in [2.75, 3.05) is 0 Å². The summed E-state index contributed by atoms with van der Waals surface area (Å²) in [5.41, 5.74) is 5.96. The van der Waals surface area contributed by atoms with Crippen LogP contribution in [-0.4, -0.2) is 9.97 Å². The van der Waals surface area contributed by atoms with Gasteiger partial charge in [-0.25, -0.2) is 9.97 Å². The molecule has 0 N–H and O–H groups in total. The van der Waals surface area contributed by atoms with E-state index in [1.54, 1.807) is 6.20 Å². The lowest BCUT2D eigenvalue weighted by atomic mass is 9.97. The molecule has 1 heterocycles. The summed E-state index contributed by atoms with van der Waals surface area (Å²) in [4.78, 5) is 8.45. The number of aromatic nitrogens is 2. The number of hydrogen-bond donors (Lipinski definition) is 0. The standard InChI is InChI=1S/C13H13BrN2/c1-8-6-9(2)12(10(3)7-8)11-4-5-15-13(14)16-11/h4-7H,1-3H3. The Morgan fingerprint density at radius 3 is 2.25 bits per heavy atom. The van der Waals surface area contributed by atoms with Gasteiger partial charge in [0.25, 0.3) is 0 Å². The summed E-state index contributed by atoms with van der Waals surface area (Å²) in [7, 11) is 0. The molecule has 2 nitrogen and oxygen atoms in total. The van der Waals surface area contributed by atoms with Crippen LogP contribution in [0.15, 0.2) is 29.1 Å². The second-order valence-corrected chi connectivity index (χ2v) is 4.69. The van der Waals surface area contributed by atoms with Gasteiger partial charge in [-0.2, -0.15) is 0 Å². The van der Waals surface area contributed by atoms with E-state index >= 15 is 0 Å². The van der Waals surface area contributed by atoms with E-state index in [0.29, 0.717) is 4.73 Å². The topological polar surface area (TPSA) is 25.8 Å². The van der Waals surface area contributed by atoms with Gasteiger partial charge in [0.1, 0.15) is 0 Å². The average Bonchev–Trinajstić information content (AvgIpc) is 2.15. The fraction of sp³-hybridized carbons (Fsp3) is 0.231. The maximum absolute atomic E-state index is 4.40. The maximum Gasteiger partial charge on any atom is 0.197 e. The lowest BCUT2D eigenvalue weighted by Gasteiger charge is -2.10. The molecule has 0 saturated heterocycles. The van der Waals surface area contributed by atoms with Crippen molar-refractivity contribution in [1.29, 1.82) is 0 Å². The fourth-order valence-electron chi connectivity index (χ4n) is 2.06. The van der Waals surface area contributed by atoms with E-state index < -0.39 is 0 Å². The van der Waals surface area contributed by atoms with Crippen LogP contribution in [0.25, 0.3) is 11.3 Å². The molecule has 0 unspecified atom stereocenters. The quantitative estimate of drug-likeness (QED) is 0.740. The molecule has 0 spiro atoms. The minimum absolute atomic E-state index is 0.629. The highest BCUT2D eigenvalue weighted by Crippen LogP contribution is 2.27. The van der Waals surface area contributed by atoms with Crippen LogP contribution < -0.4 is 0 Å². The molecule has 2 rings (SSSR count). The van der Waals surface area contributed by atoms with Crippen LogP contribution in [0.4, 0.5) is 0 Å². The number of hydrogen-bond acceptors (Lipinski definition) is 2. The first kappa shape index (κ1) is 11.3. The van der Waals surface area contributed by atoms with Gasteiger partial charge >= 0.3 is 0 Å². The van der Waals surface area contributed by atoms with Gasteiger partial charge in [0.2, 0.25) is 0 Å². The van der Waals surface area contributed by atoms with Gasteiger partial charge in [-0.05, 0) is 53.9 Å². The zero-order valence-electron chi connectivity index (χ0n) is 9.58. The Morgan fingerprint density at radius 2 is 1.69 bits per heavy atom. The molecular formula is C13H13BrN2. The second kappa shape index (κ2) is 4.34. The van der Waals surface area contributed by atoms with E-state index in [4.69, 9.17) is 0 Å². The molecule has 0 radical (unpaired) electrons. The van der Waals surface area contributed by atoms with Crippen molar-refractivity contribution < 1.29 is 0 Å². The molecule has 0 bridgehead atoms. The second-order valence-electron chi connectivity index (χ2n) is 3.98. The summed E-state index contributed by atoms with van der Waals surface area (Å²) in [5, 5.41) is 0. The number of aryl methyl sites for hydroxylation is 3. The summed E-state index contributed by atoms with van der Waals surface area (Å²) in [6.45, 7) is 6.34. The third-order valence-corrected chi connectivity index (χ3v) is 2.94. The highest BCUT2D eigenvalue weighted by atomic mass is 79.9. The first-order chi connectivity index (χ1) is 7.58. The Kier molecular flexibility index (Phi) is 3.06. The van der Waals surface area contributed by atoms with Gasteiger partial charge in [-0.1, -0.05) is 17.7 Å². The Labute approximate surface area is 104 Å². The van der Waals surface area contributed by atoms with Gasteiger partial charge in [0.05, 0.1) is 5.69 Å². The minimum Gasteiger partial charge on any atom is -0.231 e. The summed E-state index contributed by atoms with van der Waals surface area (Å²) in [6, 6.07) is 6.30. The first-order valence-corrected chi connectivity index (χ1v) is 5.94. The Hall–Kier alpha value is -1.22. The predicted molar refractivity (Wildman–Crippen MR) is 69.4 cm³/mol. The first-order valence-electron chi connectivity index (χ1n) is 5.14. The van der Waals surface area contributed by atoms with Crippen molar-refractivity contribution in [1.82, 2.24) is 9.97 Å². The lowest BCUT2D eigenvalue weighted by molar-refractivity contribution is 1.11. The van der Waals surface area contributed by atoms with Crippen LogP contribution in [0, 0.1) is 20.8 Å². The molecule has 0 amide bonds. The van der Waals surface area contributed by atoms with Crippen molar-refractivity contribution in [3.63, 3.8) is 0 Å². The largest absolute Gasteiger partial charge is 0.231 e. The van der Waals surface area contributed by atoms with Crippen molar-refractivity contribution in [3.8, 4) is 11.3 Å². The molecule has 0 atom stereocenters. The number of halogens is 1. The Balaban J connectivity index is 2.64. The summed E-state index contributed by atoms with van der Waals surface area (Å²) in [5.74, 6) is 0. The van der Waals surface area contributed by atoms with Crippen molar-refractivity contribution in [3.05, 3.63) is 45.8 Å². The monoisotopic (exact) mass is 276 g/mol. The normalized spacial score (nSPS) is 10.5. The highest BCUT2D eigenvalue weighted by molar-refractivity contribution is 9.10. The molecule has 1 aromatic carbocycles. The molecular weight excluding hydrogens is 264 g/mol. The Bertz CT molecular complexity index is 512. The molecule has 0 fully saturated rings. The van der Waals surface area contributed by atoms with Crippen molar-refractivity contribution in [2.45, 2.75) is 20.8 Å². The number of nitrogens with zero attached hydrogens (tertiary/aromatic N) is 2. The van der Waals surface area contributed by atoms with Crippen molar-refractivity contribution >= 4 is 15.9 Å². The zero-order valence-corrected chi connectivity index (χ0v) is 11.2. The molecule has 0 aliphatic rings. The molecule has 16 heavy (non-hydrogen) atoms. The van der Waals surface area contributed by atoms with E-state index in [1.165, 1.54) is 22.3 Å². The van der Waals surface area contributed by atoms with Crippen LogP contribution in [0.2, 0.25) is 0 Å². The summed E-state index contributed by atoms with van der Waals surface area (Å²) in [6.07, 6.45) is 1.77. The van der Waals surface area contributed by atoms with Crippen LogP contribution >= 0.6 is 15.9 Å². The van der Waals surface area contributed by atoms with E-state index in [9.17, 15) is 0 Å². The average molecular weight is 277 g/mol. The Morgan fingerprint density at radius 1 is 1.06 bits per heavy atom. The summed E-state index contributed by atoms with van der Waals surface area (Å²) >= 11 is 3.30. The molecule has 0 aliphatic heterocycles. The third kappa shape index (κ3) is 2.14. The zero-order chi connectivity index (χ0) is 11.7. The van der Waals surface area contributed by atoms with Gasteiger partial charge in [0, 0.05) is 11.8 Å². The SMILES string of the molecule is Cc1cc(C)c(-c2ccnc(Br)n2)c(C)c1. The van der Waals surface area contributed by atoms with Crippen LogP contribution in [0.3, 0.4) is 0 Å².